The van der Waals surface area contributed by atoms with Crippen molar-refractivity contribution in [3.05, 3.63) is 35.6 Å². The van der Waals surface area contributed by atoms with Crippen LogP contribution in [0.2, 0.25) is 0 Å². The lowest BCUT2D eigenvalue weighted by molar-refractivity contribution is -0.134. The number of carbonyl (C=O) groups is 1. The molecule has 1 saturated heterocycles. The number of aliphatic hydroxyl groups is 1. The molecule has 4 nitrogen and oxygen atoms in total. The Bertz CT molecular complexity index is 541. The summed E-state index contributed by atoms with van der Waals surface area (Å²) < 4.78 is 13.8. The molecule has 1 aromatic rings. The molecule has 0 spiro atoms. The predicted octanol–water partition coefficient (Wildman–Crippen LogP) is 1.45. The lowest BCUT2D eigenvalue weighted by Gasteiger charge is -2.35. The number of benzene rings is 1. The van der Waals surface area contributed by atoms with Gasteiger partial charge in [-0.1, -0.05) is 18.2 Å². The van der Waals surface area contributed by atoms with Crippen LogP contribution in [0.15, 0.2) is 24.3 Å². The van der Waals surface area contributed by atoms with E-state index >= 15 is 0 Å². The topological polar surface area (TPSA) is 43.8 Å². The first-order valence-corrected chi connectivity index (χ1v) is 8.00. The van der Waals surface area contributed by atoms with Crippen LogP contribution in [0.25, 0.3) is 0 Å². The third-order valence-corrected chi connectivity index (χ3v) is 4.62. The maximum absolute atomic E-state index is 13.8. The summed E-state index contributed by atoms with van der Waals surface area (Å²) in [4.78, 5) is 16.6. The van der Waals surface area contributed by atoms with Crippen molar-refractivity contribution in [2.24, 2.45) is 5.92 Å². The molecule has 0 radical (unpaired) electrons. The lowest BCUT2D eigenvalue weighted by Crippen LogP contribution is -2.50. The number of hydrogen-bond donors (Lipinski definition) is 1. The summed E-state index contributed by atoms with van der Waals surface area (Å²) in [5, 5.41) is 9.41. The fourth-order valence-corrected chi connectivity index (χ4v) is 3.35. The van der Waals surface area contributed by atoms with Crippen LogP contribution in [-0.4, -0.2) is 59.6 Å². The van der Waals surface area contributed by atoms with Crippen LogP contribution in [-0.2, 0) is 4.79 Å². The van der Waals surface area contributed by atoms with E-state index in [9.17, 15) is 14.3 Å². The molecule has 1 N–H and O–H groups in total. The van der Waals surface area contributed by atoms with Gasteiger partial charge in [0, 0.05) is 38.6 Å². The zero-order valence-electron chi connectivity index (χ0n) is 12.9. The van der Waals surface area contributed by atoms with Gasteiger partial charge in [0.2, 0.25) is 5.91 Å². The van der Waals surface area contributed by atoms with Gasteiger partial charge in [-0.15, -0.1) is 0 Å². The van der Waals surface area contributed by atoms with E-state index in [0.717, 1.165) is 19.5 Å². The Labute approximate surface area is 130 Å². The van der Waals surface area contributed by atoms with Crippen LogP contribution < -0.4 is 0 Å². The Balaban J connectivity index is 1.53. The number of rotatable bonds is 4. The number of carbonyl (C=O) groups excluding carboxylic acids is 1. The van der Waals surface area contributed by atoms with E-state index < -0.39 is 0 Å². The fourth-order valence-electron chi connectivity index (χ4n) is 3.35. The summed E-state index contributed by atoms with van der Waals surface area (Å²) in [7, 11) is 0. The van der Waals surface area contributed by atoms with Gasteiger partial charge in [-0.25, -0.2) is 4.39 Å². The Kier molecular flexibility index (Phi) is 4.45. The lowest BCUT2D eigenvalue weighted by atomic mass is 10.1. The number of halogens is 1. The second kappa shape index (κ2) is 6.34. The highest BCUT2D eigenvalue weighted by molar-refractivity contribution is 5.83. The molecule has 1 aromatic carbocycles. The molecular formula is C17H23FN2O2. The largest absolute Gasteiger partial charge is 0.392 e. The summed E-state index contributed by atoms with van der Waals surface area (Å²) in [5.74, 6) is -0.0566. The van der Waals surface area contributed by atoms with Gasteiger partial charge in [-0.3, -0.25) is 9.69 Å². The van der Waals surface area contributed by atoms with Crippen LogP contribution in [0.5, 0.6) is 0 Å². The minimum Gasteiger partial charge on any atom is -0.392 e. The van der Waals surface area contributed by atoms with E-state index in [-0.39, 0.29) is 29.7 Å². The van der Waals surface area contributed by atoms with Crippen molar-refractivity contribution >= 4 is 5.91 Å². The van der Waals surface area contributed by atoms with Crippen molar-refractivity contribution in [2.45, 2.75) is 25.4 Å². The number of β-amino-alcohol motifs (C(OH)–C–C–N with tert-alkyl or cyclic N) is 1. The smallest absolute Gasteiger partial charge is 0.226 e. The first-order valence-electron chi connectivity index (χ1n) is 8.00. The maximum Gasteiger partial charge on any atom is 0.226 e. The number of hydrogen-bond acceptors (Lipinski definition) is 3. The molecule has 2 aliphatic rings. The molecule has 5 heteroatoms. The Morgan fingerprint density at radius 2 is 2.00 bits per heavy atom. The fraction of sp³-hybridized carbons (Fsp3) is 0.588. The molecule has 1 aliphatic carbocycles. The quantitative estimate of drug-likeness (QED) is 0.916. The monoisotopic (exact) mass is 306 g/mol. The van der Waals surface area contributed by atoms with Crippen molar-refractivity contribution in [1.82, 2.24) is 9.80 Å². The van der Waals surface area contributed by atoms with Crippen molar-refractivity contribution in [3.63, 3.8) is 0 Å². The second-order valence-electron chi connectivity index (χ2n) is 6.45. The molecule has 1 aliphatic heterocycles. The van der Waals surface area contributed by atoms with Gasteiger partial charge in [0.25, 0.3) is 0 Å². The molecule has 1 heterocycles. The Morgan fingerprint density at radius 1 is 1.32 bits per heavy atom. The molecule has 22 heavy (non-hydrogen) atoms. The maximum atomic E-state index is 13.8. The van der Waals surface area contributed by atoms with Gasteiger partial charge in [0.1, 0.15) is 5.82 Å². The van der Waals surface area contributed by atoms with E-state index in [0.29, 0.717) is 25.2 Å². The van der Waals surface area contributed by atoms with E-state index in [1.807, 2.05) is 11.0 Å². The molecule has 3 rings (SSSR count). The van der Waals surface area contributed by atoms with Crippen molar-refractivity contribution < 1.29 is 14.3 Å². The van der Waals surface area contributed by atoms with Gasteiger partial charge in [0.15, 0.2) is 0 Å². The molecule has 120 valence electrons. The summed E-state index contributed by atoms with van der Waals surface area (Å²) in [6.07, 6.45) is 0.421. The van der Waals surface area contributed by atoms with Crippen LogP contribution in [0, 0.1) is 11.7 Å². The van der Waals surface area contributed by atoms with Crippen LogP contribution in [0.4, 0.5) is 4.39 Å². The van der Waals surface area contributed by atoms with Crippen molar-refractivity contribution in [3.8, 4) is 0 Å². The van der Waals surface area contributed by atoms with Gasteiger partial charge in [0.05, 0.1) is 6.10 Å². The second-order valence-corrected chi connectivity index (χ2v) is 6.45. The number of nitrogens with zero attached hydrogens (tertiary/aromatic N) is 2. The van der Waals surface area contributed by atoms with E-state index in [1.54, 1.807) is 19.1 Å². The van der Waals surface area contributed by atoms with E-state index in [4.69, 9.17) is 0 Å². The molecule has 3 atom stereocenters. The molecule has 0 bridgehead atoms. The molecule has 0 aromatic heterocycles. The summed E-state index contributed by atoms with van der Waals surface area (Å²) in [6, 6.07) is 6.75. The van der Waals surface area contributed by atoms with Gasteiger partial charge in [-0.2, -0.15) is 0 Å². The highest BCUT2D eigenvalue weighted by atomic mass is 19.1. The standard InChI is InChI=1S/C17H23FN2O2/c1-12(21)11-19-6-8-20(9-7-19)17(22)15-10-14(15)13-4-2-3-5-16(13)18/h2-5,12,14-15,21H,6-11H2,1H3/t12-,14+,15+/m0/s1. The average Bonchev–Trinajstić information content (AvgIpc) is 3.27. The van der Waals surface area contributed by atoms with Gasteiger partial charge in [-0.05, 0) is 30.9 Å². The first kappa shape index (κ1) is 15.4. The molecule has 1 saturated carbocycles. The molecule has 1 amide bonds. The van der Waals surface area contributed by atoms with Crippen molar-refractivity contribution in [1.29, 1.82) is 0 Å². The normalized spacial score (nSPS) is 26.8. The molecule has 2 fully saturated rings. The zero-order valence-corrected chi connectivity index (χ0v) is 12.9. The van der Waals surface area contributed by atoms with E-state index in [1.165, 1.54) is 6.07 Å². The SMILES string of the molecule is C[C@H](O)CN1CCN(C(=O)[C@@H]2C[C@@H]2c2ccccc2F)CC1. The summed E-state index contributed by atoms with van der Waals surface area (Å²) in [6.45, 7) is 5.43. The Hall–Kier alpha value is -1.46. The van der Waals surface area contributed by atoms with Gasteiger partial charge >= 0.3 is 0 Å². The van der Waals surface area contributed by atoms with Crippen LogP contribution >= 0.6 is 0 Å². The van der Waals surface area contributed by atoms with Crippen molar-refractivity contribution in [2.75, 3.05) is 32.7 Å². The third-order valence-electron chi connectivity index (χ3n) is 4.62. The van der Waals surface area contributed by atoms with Crippen LogP contribution in [0.1, 0.15) is 24.8 Å². The minimum atomic E-state index is -0.337. The number of amides is 1. The number of piperazine rings is 1. The van der Waals surface area contributed by atoms with E-state index in [2.05, 4.69) is 4.90 Å². The third kappa shape index (κ3) is 3.31. The predicted molar refractivity (Wildman–Crippen MR) is 81.9 cm³/mol. The highest BCUT2D eigenvalue weighted by Gasteiger charge is 2.47. The van der Waals surface area contributed by atoms with Crippen LogP contribution in [0.3, 0.4) is 0 Å². The first-order chi connectivity index (χ1) is 10.6. The molecule has 0 unspecified atom stereocenters. The molecular weight excluding hydrogens is 283 g/mol. The summed E-state index contributed by atoms with van der Waals surface area (Å²) in [5.41, 5.74) is 0.675. The minimum absolute atomic E-state index is 0.0455. The average molecular weight is 306 g/mol. The zero-order chi connectivity index (χ0) is 15.7. The number of aliphatic hydroxyl groups excluding tert-OH is 1. The summed E-state index contributed by atoms with van der Waals surface area (Å²) >= 11 is 0. The highest BCUT2D eigenvalue weighted by Crippen LogP contribution is 2.49. The Morgan fingerprint density at radius 3 is 2.64 bits per heavy atom. The van der Waals surface area contributed by atoms with Gasteiger partial charge < -0.3 is 10.0 Å².